The Morgan fingerprint density at radius 2 is 2.04 bits per heavy atom. The van der Waals surface area contributed by atoms with Crippen molar-refractivity contribution in [1.82, 2.24) is 9.88 Å². The third-order valence-corrected chi connectivity index (χ3v) is 6.64. The van der Waals surface area contributed by atoms with Crippen LogP contribution in [0.15, 0.2) is 62.4 Å². The maximum absolute atomic E-state index is 13.0. The fourth-order valence-corrected chi connectivity index (χ4v) is 5.37. The van der Waals surface area contributed by atoms with Gasteiger partial charge < -0.3 is 4.90 Å². The summed E-state index contributed by atoms with van der Waals surface area (Å²) >= 11 is 3.07. The number of benzene rings is 1. The Morgan fingerprint density at radius 1 is 1.19 bits per heavy atom. The van der Waals surface area contributed by atoms with Crippen molar-refractivity contribution >= 4 is 46.1 Å². The number of carbonyl (C=O) groups is 1. The van der Waals surface area contributed by atoms with Gasteiger partial charge in [-0.25, -0.2) is 9.98 Å². The lowest BCUT2D eigenvalue weighted by Gasteiger charge is -2.15. The number of aliphatic imine (C=N–C) groups is 1. The fraction of sp³-hybridized carbons (Fsp3) is 0.211. The molecule has 2 aliphatic heterocycles. The summed E-state index contributed by atoms with van der Waals surface area (Å²) in [5.41, 5.74) is 2.35. The average Bonchev–Trinajstić information content (AvgIpc) is 3.12. The molecule has 2 aromatic rings. The highest BCUT2D eigenvalue weighted by Crippen LogP contribution is 2.50. The van der Waals surface area contributed by atoms with Crippen molar-refractivity contribution in [2.24, 2.45) is 4.99 Å². The summed E-state index contributed by atoms with van der Waals surface area (Å²) in [5.74, 6) is 0.616. The number of hydrogen-bond donors (Lipinski definition) is 0. The first-order valence-corrected chi connectivity index (χ1v) is 9.97. The summed E-state index contributed by atoms with van der Waals surface area (Å²) in [6, 6.07) is 11.9. The normalized spacial score (nSPS) is 21.0. The SMILES string of the molecule is CCN1C(=O)/C(=C2\Sc3cc(C)ccc3N2C)S/C1=N\c1ccccn1. The van der Waals surface area contributed by atoms with Gasteiger partial charge in [-0.2, -0.15) is 0 Å². The van der Waals surface area contributed by atoms with Crippen LogP contribution in [0.4, 0.5) is 11.5 Å². The zero-order valence-corrected chi connectivity index (χ0v) is 16.4. The van der Waals surface area contributed by atoms with Gasteiger partial charge in [0.15, 0.2) is 11.0 Å². The van der Waals surface area contributed by atoms with Crippen LogP contribution in [0, 0.1) is 6.92 Å². The Bertz CT molecular complexity index is 940. The van der Waals surface area contributed by atoms with Gasteiger partial charge in [-0.3, -0.25) is 9.69 Å². The first-order chi connectivity index (χ1) is 12.6. The third kappa shape index (κ3) is 2.91. The number of anilines is 1. The molecular weight excluding hydrogens is 364 g/mol. The molecule has 4 rings (SSSR count). The third-order valence-electron chi connectivity index (χ3n) is 4.22. The molecule has 1 aromatic carbocycles. The fourth-order valence-electron chi connectivity index (χ4n) is 2.88. The van der Waals surface area contributed by atoms with Crippen LogP contribution in [-0.4, -0.2) is 34.6 Å². The maximum atomic E-state index is 13.0. The van der Waals surface area contributed by atoms with Crippen LogP contribution in [0.5, 0.6) is 0 Å². The largest absolute Gasteiger partial charge is 0.337 e. The van der Waals surface area contributed by atoms with Crippen LogP contribution in [-0.2, 0) is 4.79 Å². The number of likely N-dealkylation sites (N-methyl/N-ethyl adjacent to an activating group) is 1. The molecule has 0 saturated carbocycles. The van der Waals surface area contributed by atoms with Gasteiger partial charge in [0.2, 0.25) is 0 Å². The molecule has 1 saturated heterocycles. The lowest BCUT2D eigenvalue weighted by molar-refractivity contribution is -0.122. The predicted molar refractivity (Wildman–Crippen MR) is 109 cm³/mol. The Labute approximate surface area is 161 Å². The van der Waals surface area contributed by atoms with Gasteiger partial charge in [0.25, 0.3) is 5.91 Å². The number of thioether (sulfide) groups is 2. The smallest absolute Gasteiger partial charge is 0.269 e. The number of amidine groups is 1. The van der Waals surface area contributed by atoms with Crippen molar-refractivity contribution in [2.45, 2.75) is 18.7 Å². The average molecular weight is 383 g/mol. The highest BCUT2D eigenvalue weighted by atomic mass is 32.2. The second kappa shape index (κ2) is 6.81. The molecule has 0 bridgehead atoms. The zero-order chi connectivity index (χ0) is 18.3. The van der Waals surface area contributed by atoms with E-state index in [2.05, 4.69) is 40.0 Å². The van der Waals surface area contributed by atoms with E-state index in [4.69, 9.17) is 0 Å². The minimum Gasteiger partial charge on any atom is -0.337 e. The molecule has 0 N–H and O–H groups in total. The van der Waals surface area contributed by atoms with Gasteiger partial charge in [-0.05, 0) is 55.4 Å². The molecule has 0 aliphatic carbocycles. The van der Waals surface area contributed by atoms with Gasteiger partial charge in [-0.1, -0.05) is 23.9 Å². The summed E-state index contributed by atoms with van der Waals surface area (Å²) < 4.78 is 0. The summed E-state index contributed by atoms with van der Waals surface area (Å²) in [6.45, 7) is 4.62. The van der Waals surface area contributed by atoms with Crippen molar-refractivity contribution < 1.29 is 4.79 Å². The molecule has 3 heterocycles. The first kappa shape index (κ1) is 17.2. The number of hydrogen-bond acceptors (Lipinski definition) is 6. The number of pyridine rings is 1. The monoisotopic (exact) mass is 382 g/mol. The summed E-state index contributed by atoms with van der Waals surface area (Å²) in [4.78, 5) is 27.5. The molecule has 0 spiro atoms. The van der Waals surface area contributed by atoms with Gasteiger partial charge in [0.05, 0.1) is 10.7 Å². The van der Waals surface area contributed by atoms with Gasteiger partial charge >= 0.3 is 0 Å². The van der Waals surface area contributed by atoms with E-state index >= 15 is 0 Å². The molecule has 0 unspecified atom stereocenters. The van der Waals surface area contributed by atoms with Gasteiger partial charge in [-0.15, -0.1) is 0 Å². The molecule has 5 nitrogen and oxygen atoms in total. The Balaban J connectivity index is 1.73. The number of fused-ring (bicyclic) bond motifs is 1. The minimum absolute atomic E-state index is 0.00561. The topological polar surface area (TPSA) is 48.8 Å². The zero-order valence-electron chi connectivity index (χ0n) is 14.8. The first-order valence-electron chi connectivity index (χ1n) is 8.34. The minimum atomic E-state index is 0.00561. The van der Waals surface area contributed by atoms with Gasteiger partial charge in [0, 0.05) is 24.7 Å². The molecule has 132 valence electrons. The molecular formula is C19H18N4OS2. The number of carbonyl (C=O) groups excluding carboxylic acids is 1. The molecule has 1 aromatic heterocycles. The molecule has 2 aliphatic rings. The van der Waals surface area contributed by atoms with Crippen LogP contribution in [0.1, 0.15) is 12.5 Å². The highest BCUT2D eigenvalue weighted by Gasteiger charge is 2.38. The van der Waals surface area contributed by atoms with Crippen molar-refractivity contribution in [3.63, 3.8) is 0 Å². The molecule has 7 heteroatoms. The van der Waals surface area contributed by atoms with Crippen LogP contribution in [0.3, 0.4) is 0 Å². The van der Waals surface area contributed by atoms with E-state index in [9.17, 15) is 4.79 Å². The Hall–Kier alpha value is -2.25. The summed E-state index contributed by atoms with van der Waals surface area (Å²) in [7, 11) is 2.01. The van der Waals surface area contributed by atoms with E-state index in [1.54, 1.807) is 22.9 Å². The van der Waals surface area contributed by atoms with E-state index in [0.717, 1.165) is 15.6 Å². The molecule has 1 fully saturated rings. The standard InChI is InChI=1S/C19H18N4OS2/c1-4-23-17(24)16(26-19(23)21-15-7-5-6-10-20-15)18-22(3)13-9-8-12(2)11-14(13)25-18/h5-11H,4H2,1-3H3/b18-16+,21-19-. The molecule has 26 heavy (non-hydrogen) atoms. The van der Waals surface area contributed by atoms with E-state index in [-0.39, 0.29) is 5.91 Å². The highest BCUT2D eigenvalue weighted by molar-refractivity contribution is 8.19. The predicted octanol–water partition coefficient (Wildman–Crippen LogP) is 4.38. The van der Waals surface area contributed by atoms with Crippen LogP contribution in [0.2, 0.25) is 0 Å². The molecule has 0 radical (unpaired) electrons. The van der Waals surface area contributed by atoms with Crippen LogP contribution < -0.4 is 4.90 Å². The second-order valence-corrected chi connectivity index (χ2v) is 8.01. The van der Waals surface area contributed by atoms with Crippen molar-refractivity contribution in [3.05, 3.63) is 58.1 Å². The maximum Gasteiger partial charge on any atom is 0.269 e. The van der Waals surface area contributed by atoms with E-state index < -0.39 is 0 Å². The van der Waals surface area contributed by atoms with E-state index in [1.807, 2.05) is 32.2 Å². The number of amides is 1. The molecule has 0 atom stereocenters. The molecule has 1 amide bonds. The number of rotatable bonds is 2. The van der Waals surface area contributed by atoms with E-state index in [0.29, 0.717) is 17.5 Å². The van der Waals surface area contributed by atoms with Gasteiger partial charge in [0.1, 0.15) is 4.91 Å². The quantitative estimate of drug-likeness (QED) is 0.721. The van der Waals surface area contributed by atoms with Crippen LogP contribution in [0.25, 0.3) is 0 Å². The Kier molecular flexibility index (Phi) is 4.50. The number of aryl methyl sites for hydroxylation is 1. The second-order valence-electron chi connectivity index (χ2n) is 6.00. The van der Waals surface area contributed by atoms with Crippen molar-refractivity contribution in [2.75, 3.05) is 18.5 Å². The Morgan fingerprint density at radius 3 is 2.77 bits per heavy atom. The lowest BCUT2D eigenvalue weighted by Crippen LogP contribution is -2.29. The summed E-state index contributed by atoms with van der Waals surface area (Å²) in [5, 5.41) is 1.64. The van der Waals surface area contributed by atoms with E-state index in [1.165, 1.54) is 22.2 Å². The lowest BCUT2D eigenvalue weighted by atomic mass is 10.2. The number of nitrogens with zero attached hydrogens (tertiary/aromatic N) is 4. The van der Waals surface area contributed by atoms with Crippen molar-refractivity contribution in [3.8, 4) is 0 Å². The summed E-state index contributed by atoms with van der Waals surface area (Å²) in [6.07, 6.45) is 1.70. The van der Waals surface area contributed by atoms with Crippen LogP contribution >= 0.6 is 23.5 Å². The number of aromatic nitrogens is 1. The van der Waals surface area contributed by atoms with Crippen molar-refractivity contribution in [1.29, 1.82) is 0 Å².